The van der Waals surface area contributed by atoms with E-state index in [1.54, 1.807) is 61.1 Å². The van der Waals surface area contributed by atoms with Gasteiger partial charge in [-0.1, -0.05) is 60.7 Å². The second kappa shape index (κ2) is 7.80. The Balaban J connectivity index is 0.000000167. The van der Waals surface area contributed by atoms with Gasteiger partial charge in [0, 0.05) is 11.1 Å². The molecule has 0 aliphatic rings. The van der Waals surface area contributed by atoms with E-state index < -0.39 is 11.6 Å². The zero-order valence-electron chi connectivity index (χ0n) is 13.7. The Kier molecular flexibility index (Phi) is 5.09. The summed E-state index contributed by atoms with van der Waals surface area (Å²) in [5.41, 5.74) is 7.57. The van der Waals surface area contributed by atoms with Crippen molar-refractivity contribution in [1.29, 1.82) is 0 Å². The molecule has 0 amide bonds. The summed E-state index contributed by atoms with van der Waals surface area (Å²) in [7, 11) is 0. The topological polar surface area (TPSA) is 115 Å². The molecule has 0 aliphatic carbocycles. The number of H-pyrrole nitrogens is 1. The lowest BCUT2D eigenvalue weighted by Crippen LogP contribution is -2.14. The Labute approximate surface area is 148 Å². The van der Waals surface area contributed by atoms with Crippen molar-refractivity contribution < 1.29 is 9.59 Å². The van der Waals surface area contributed by atoms with Crippen LogP contribution in [0.5, 0.6) is 0 Å². The van der Waals surface area contributed by atoms with Crippen LogP contribution in [-0.2, 0) is 0 Å². The second-order valence-electron chi connectivity index (χ2n) is 5.26. The fourth-order valence-corrected chi connectivity index (χ4v) is 2.19. The van der Waals surface area contributed by atoms with Crippen molar-refractivity contribution in [2.45, 2.75) is 0 Å². The number of imidazole rings is 1. The molecule has 4 rings (SSSR count). The normalized spacial score (nSPS) is 10.0. The number of carbonyl (C=O) groups is 2. The SMILES string of the molecule is Nc1ncc2[nH]cnc2n1.O=C(C(=O)c1ccccc1)c1ccccc1. The van der Waals surface area contributed by atoms with E-state index in [0.717, 1.165) is 5.52 Å². The van der Waals surface area contributed by atoms with Gasteiger partial charge in [-0.15, -0.1) is 0 Å². The number of anilines is 1. The van der Waals surface area contributed by atoms with E-state index in [2.05, 4.69) is 19.9 Å². The molecule has 4 aromatic rings. The highest BCUT2D eigenvalue weighted by Crippen LogP contribution is 2.07. The Morgan fingerprint density at radius 3 is 1.88 bits per heavy atom. The highest BCUT2D eigenvalue weighted by molar-refractivity contribution is 6.49. The fraction of sp³-hybridized carbons (Fsp3) is 0. The van der Waals surface area contributed by atoms with Gasteiger partial charge in [0.25, 0.3) is 0 Å². The fourth-order valence-electron chi connectivity index (χ4n) is 2.19. The van der Waals surface area contributed by atoms with Crippen molar-refractivity contribution >= 4 is 28.7 Å². The van der Waals surface area contributed by atoms with Crippen LogP contribution in [0.3, 0.4) is 0 Å². The molecule has 0 fully saturated rings. The average Bonchev–Trinajstić information content (AvgIpc) is 3.16. The Hall–Kier alpha value is -3.87. The lowest BCUT2D eigenvalue weighted by Gasteiger charge is -1.99. The van der Waals surface area contributed by atoms with Crippen molar-refractivity contribution in [2.24, 2.45) is 0 Å². The minimum Gasteiger partial charge on any atom is -0.368 e. The number of nitrogens with one attached hydrogen (secondary N) is 1. The molecule has 0 saturated heterocycles. The number of nitrogens with two attached hydrogens (primary N) is 1. The van der Waals surface area contributed by atoms with Gasteiger partial charge in [0.2, 0.25) is 17.5 Å². The highest BCUT2D eigenvalue weighted by atomic mass is 16.2. The number of rotatable bonds is 3. The molecular formula is C19H15N5O2. The molecule has 0 unspecified atom stereocenters. The number of hydrogen-bond acceptors (Lipinski definition) is 6. The summed E-state index contributed by atoms with van der Waals surface area (Å²) in [6, 6.07) is 17.2. The summed E-state index contributed by atoms with van der Waals surface area (Å²) in [6.45, 7) is 0. The van der Waals surface area contributed by atoms with Crippen LogP contribution in [-0.4, -0.2) is 31.5 Å². The van der Waals surface area contributed by atoms with Crippen molar-refractivity contribution in [3.05, 3.63) is 84.3 Å². The third-order valence-corrected chi connectivity index (χ3v) is 3.47. The lowest BCUT2D eigenvalue weighted by atomic mass is 10.0. The van der Waals surface area contributed by atoms with Gasteiger partial charge in [0.1, 0.15) is 5.52 Å². The number of ketones is 2. The average molecular weight is 345 g/mol. The number of aromatic nitrogens is 4. The molecule has 128 valence electrons. The van der Waals surface area contributed by atoms with Crippen LogP contribution >= 0.6 is 0 Å². The molecule has 0 radical (unpaired) electrons. The largest absolute Gasteiger partial charge is 0.368 e. The number of hydrogen-bond donors (Lipinski definition) is 2. The first-order valence-corrected chi connectivity index (χ1v) is 7.76. The number of Topliss-reactive ketones (excluding diaryl/α,β-unsaturated/α-hetero) is 2. The van der Waals surface area contributed by atoms with Gasteiger partial charge in [0.05, 0.1) is 12.5 Å². The predicted octanol–water partition coefficient (Wildman–Crippen LogP) is 2.69. The first-order chi connectivity index (χ1) is 12.6. The van der Waals surface area contributed by atoms with Crippen LogP contribution in [0.1, 0.15) is 20.7 Å². The molecule has 26 heavy (non-hydrogen) atoms. The molecule has 0 bridgehead atoms. The Morgan fingerprint density at radius 1 is 0.808 bits per heavy atom. The van der Waals surface area contributed by atoms with Crippen LogP contribution in [0.2, 0.25) is 0 Å². The smallest absolute Gasteiger partial charge is 0.233 e. The van der Waals surface area contributed by atoms with E-state index in [-0.39, 0.29) is 5.95 Å². The molecule has 7 nitrogen and oxygen atoms in total. The minimum atomic E-state index is -0.466. The van der Waals surface area contributed by atoms with E-state index in [1.807, 2.05) is 12.1 Å². The molecule has 2 aromatic carbocycles. The van der Waals surface area contributed by atoms with Crippen LogP contribution in [0.4, 0.5) is 5.95 Å². The summed E-state index contributed by atoms with van der Waals surface area (Å²) in [5, 5.41) is 0. The van der Waals surface area contributed by atoms with Gasteiger partial charge in [-0.25, -0.2) is 9.97 Å². The number of aromatic amines is 1. The molecular weight excluding hydrogens is 330 g/mol. The molecule has 0 spiro atoms. The van der Waals surface area contributed by atoms with Gasteiger partial charge in [0.15, 0.2) is 5.65 Å². The lowest BCUT2D eigenvalue weighted by molar-refractivity contribution is 0.0817. The molecule has 7 heteroatoms. The van der Waals surface area contributed by atoms with Crippen LogP contribution in [0, 0.1) is 0 Å². The number of nitrogen functional groups attached to an aromatic ring is 1. The summed E-state index contributed by atoms with van der Waals surface area (Å²) < 4.78 is 0. The first kappa shape index (κ1) is 17.0. The number of benzene rings is 2. The predicted molar refractivity (Wildman–Crippen MR) is 97.6 cm³/mol. The van der Waals surface area contributed by atoms with E-state index >= 15 is 0 Å². The molecule has 0 atom stereocenters. The van der Waals surface area contributed by atoms with E-state index in [1.165, 1.54) is 0 Å². The number of carbonyl (C=O) groups excluding carboxylic acids is 2. The van der Waals surface area contributed by atoms with Gasteiger partial charge < -0.3 is 10.7 Å². The maximum Gasteiger partial charge on any atom is 0.233 e. The van der Waals surface area contributed by atoms with E-state index in [4.69, 9.17) is 5.73 Å². The highest BCUT2D eigenvalue weighted by Gasteiger charge is 2.17. The monoisotopic (exact) mass is 345 g/mol. The first-order valence-electron chi connectivity index (χ1n) is 7.76. The van der Waals surface area contributed by atoms with Gasteiger partial charge >= 0.3 is 0 Å². The quantitative estimate of drug-likeness (QED) is 0.436. The van der Waals surface area contributed by atoms with Crippen molar-refractivity contribution in [3.8, 4) is 0 Å². The van der Waals surface area contributed by atoms with Crippen LogP contribution < -0.4 is 5.73 Å². The Bertz CT molecular complexity index is 980. The number of fused-ring (bicyclic) bond motifs is 1. The van der Waals surface area contributed by atoms with E-state index in [0.29, 0.717) is 16.8 Å². The van der Waals surface area contributed by atoms with Gasteiger partial charge in [-0.2, -0.15) is 4.98 Å². The summed E-state index contributed by atoms with van der Waals surface area (Å²) in [4.78, 5) is 38.0. The molecule has 2 heterocycles. The minimum absolute atomic E-state index is 0.250. The van der Waals surface area contributed by atoms with E-state index in [9.17, 15) is 9.59 Å². The molecule has 0 aliphatic heterocycles. The van der Waals surface area contributed by atoms with Gasteiger partial charge in [-0.05, 0) is 0 Å². The maximum absolute atomic E-state index is 11.8. The third-order valence-electron chi connectivity index (χ3n) is 3.47. The Morgan fingerprint density at radius 2 is 1.35 bits per heavy atom. The molecule has 2 aromatic heterocycles. The summed E-state index contributed by atoms with van der Waals surface area (Å²) in [5.74, 6) is -0.682. The summed E-state index contributed by atoms with van der Waals surface area (Å²) in [6.07, 6.45) is 3.16. The molecule has 0 saturated carbocycles. The van der Waals surface area contributed by atoms with Crippen molar-refractivity contribution in [2.75, 3.05) is 5.73 Å². The van der Waals surface area contributed by atoms with Gasteiger partial charge in [-0.3, -0.25) is 9.59 Å². The number of nitrogens with zero attached hydrogens (tertiary/aromatic N) is 3. The summed E-state index contributed by atoms with van der Waals surface area (Å²) >= 11 is 0. The van der Waals surface area contributed by atoms with Crippen molar-refractivity contribution in [3.63, 3.8) is 0 Å². The standard InChI is InChI=1S/C14H10O2.C5H5N5/c15-13(11-7-3-1-4-8-11)14(16)12-9-5-2-6-10-12;6-5-7-1-3-4(10-5)9-2-8-3/h1-10H;1-2H,(H3,6,7,8,9,10). The molecule has 3 N–H and O–H groups in total. The zero-order chi connectivity index (χ0) is 18.4. The second-order valence-corrected chi connectivity index (χ2v) is 5.26. The van der Waals surface area contributed by atoms with Crippen LogP contribution in [0.15, 0.2) is 73.2 Å². The third kappa shape index (κ3) is 3.96. The maximum atomic E-state index is 11.8. The zero-order valence-corrected chi connectivity index (χ0v) is 13.7. The van der Waals surface area contributed by atoms with Crippen LogP contribution in [0.25, 0.3) is 11.2 Å². The van der Waals surface area contributed by atoms with Crippen molar-refractivity contribution in [1.82, 2.24) is 19.9 Å².